The number of methoxy groups -OCH3 is 1. The van der Waals surface area contributed by atoms with Gasteiger partial charge >= 0.3 is 0 Å². The Bertz CT molecular complexity index is 483. The van der Waals surface area contributed by atoms with Crippen LogP contribution in [0.15, 0.2) is 15.7 Å². The van der Waals surface area contributed by atoms with Gasteiger partial charge in [-0.1, -0.05) is 13.8 Å². The second kappa shape index (κ2) is 7.35. The maximum absolute atomic E-state index is 12.3. The van der Waals surface area contributed by atoms with Crippen molar-refractivity contribution in [3.63, 3.8) is 0 Å². The monoisotopic (exact) mass is 306 g/mol. The van der Waals surface area contributed by atoms with Gasteiger partial charge in [-0.15, -0.1) is 11.3 Å². The van der Waals surface area contributed by atoms with E-state index in [9.17, 15) is 8.42 Å². The van der Waals surface area contributed by atoms with Gasteiger partial charge in [-0.05, 0) is 30.0 Å². The fourth-order valence-electron chi connectivity index (χ4n) is 1.59. The van der Waals surface area contributed by atoms with Gasteiger partial charge in [0.15, 0.2) is 0 Å². The summed E-state index contributed by atoms with van der Waals surface area (Å²) in [4.78, 5) is 0. The largest absolute Gasteiger partial charge is 0.383 e. The van der Waals surface area contributed by atoms with Gasteiger partial charge in [0.25, 0.3) is 0 Å². The number of sulfonamides is 1. The lowest BCUT2D eigenvalue weighted by atomic mass is 10.1. The molecule has 19 heavy (non-hydrogen) atoms. The van der Waals surface area contributed by atoms with Crippen molar-refractivity contribution in [1.82, 2.24) is 10.0 Å². The zero-order chi connectivity index (χ0) is 14.5. The Morgan fingerprint density at radius 1 is 1.42 bits per heavy atom. The molecule has 0 aliphatic rings. The first kappa shape index (κ1) is 16.6. The molecule has 0 saturated carbocycles. The van der Waals surface area contributed by atoms with Crippen LogP contribution in [0.1, 0.15) is 19.4 Å². The number of nitrogens with one attached hydrogen (secondary N) is 2. The first-order valence-electron chi connectivity index (χ1n) is 6.14. The SMILES string of the molecule is CNCc1csc(S(=O)(=O)NC(COC)C(C)C)c1. The van der Waals surface area contributed by atoms with Crippen LogP contribution >= 0.6 is 11.3 Å². The first-order valence-corrected chi connectivity index (χ1v) is 8.50. The van der Waals surface area contributed by atoms with Gasteiger partial charge in [0.1, 0.15) is 4.21 Å². The summed E-state index contributed by atoms with van der Waals surface area (Å²) >= 11 is 1.24. The van der Waals surface area contributed by atoms with Gasteiger partial charge < -0.3 is 10.1 Å². The lowest BCUT2D eigenvalue weighted by Crippen LogP contribution is -2.41. The van der Waals surface area contributed by atoms with Crippen LogP contribution < -0.4 is 10.0 Å². The highest BCUT2D eigenvalue weighted by Crippen LogP contribution is 2.21. The van der Waals surface area contributed by atoms with Crippen LogP contribution in [0.5, 0.6) is 0 Å². The molecule has 1 heterocycles. The lowest BCUT2D eigenvalue weighted by Gasteiger charge is -2.20. The third-order valence-electron chi connectivity index (χ3n) is 2.73. The quantitative estimate of drug-likeness (QED) is 0.762. The summed E-state index contributed by atoms with van der Waals surface area (Å²) in [5, 5.41) is 4.85. The molecular formula is C12H22N2O3S2. The molecule has 1 aromatic rings. The molecule has 1 unspecified atom stereocenters. The maximum atomic E-state index is 12.3. The first-order chi connectivity index (χ1) is 8.90. The van der Waals surface area contributed by atoms with Gasteiger partial charge in [0, 0.05) is 19.7 Å². The molecule has 1 aromatic heterocycles. The molecule has 0 spiro atoms. The van der Waals surface area contributed by atoms with E-state index in [0.29, 0.717) is 17.4 Å². The van der Waals surface area contributed by atoms with Crippen molar-refractivity contribution in [3.05, 3.63) is 17.0 Å². The van der Waals surface area contributed by atoms with E-state index in [-0.39, 0.29) is 12.0 Å². The molecule has 2 N–H and O–H groups in total. The zero-order valence-corrected chi connectivity index (χ0v) is 13.4. The van der Waals surface area contributed by atoms with Crippen molar-refractivity contribution in [1.29, 1.82) is 0 Å². The molecule has 0 fully saturated rings. The number of thiophene rings is 1. The molecule has 0 radical (unpaired) electrons. The predicted molar refractivity (Wildman–Crippen MR) is 77.9 cm³/mol. The van der Waals surface area contributed by atoms with Crippen molar-refractivity contribution in [2.24, 2.45) is 5.92 Å². The normalized spacial score (nSPS) is 13.9. The van der Waals surface area contributed by atoms with Crippen molar-refractivity contribution in [2.75, 3.05) is 20.8 Å². The summed E-state index contributed by atoms with van der Waals surface area (Å²) in [7, 11) is -0.0633. The summed E-state index contributed by atoms with van der Waals surface area (Å²) in [6.07, 6.45) is 0. The Hall–Kier alpha value is -0.470. The Balaban J connectivity index is 2.83. The number of hydrogen-bond acceptors (Lipinski definition) is 5. The number of ether oxygens (including phenoxy) is 1. The van der Waals surface area contributed by atoms with E-state index in [1.807, 2.05) is 26.3 Å². The third-order valence-corrected chi connectivity index (χ3v) is 5.71. The predicted octanol–water partition coefficient (Wildman–Crippen LogP) is 1.42. The molecule has 0 amide bonds. The third kappa shape index (κ3) is 4.85. The van der Waals surface area contributed by atoms with E-state index < -0.39 is 10.0 Å². The molecular weight excluding hydrogens is 284 g/mol. The highest BCUT2D eigenvalue weighted by Gasteiger charge is 2.23. The summed E-state index contributed by atoms with van der Waals surface area (Å²) in [6, 6.07) is 1.48. The fourth-order valence-corrected chi connectivity index (χ4v) is 4.19. The fraction of sp³-hybridized carbons (Fsp3) is 0.667. The van der Waals surface area contributed by atoms with Crippen LogP contribution in [0, 0.1) is 5.92 Å². The molecule has 0 bridgehead atoms. The molecule has 0 saturated heterocycles. The maximum Gasteiger partial charge on any atom is 0.250 e. The topological polar surface area (TPSA) is 67.4 Å². The molecule has 0 aromatic carbocycles. The van der Waals surface area contributed by atoms with Crippen LogP contribution in [-0.4, -0.2) is 35.2 Å². The van der Waals surface area contributed by atoms with Crippen molar-refractivity contribution >= 4 is 21.4 Å². The Morgan fingerprint density at radius 3 is 2.63 bits per heavy atom. The van der Waals surface area contributed by atoms with Gasteiger partial charge in [0.05, 0.1) is 6.61 Å². The van der Waals surface area contributed by atoms with Gasteiger partial charge in [0.2, 0.25) is 10.0 Å². The van der Waals surface area contributed by atoms with Crippen LogP contribution in [0.3, 0.4) is 0 Å². The standard InChI is InChI=1S/C12H22N2O3S2/c1-9(2)11(7-17-4)14-19(15,16)12-5-10(6-13-3)8-18-12/h5,8-9,11,13-14H,6-7H2,1-4H3. The minimum absolute atomic E-state index is 0.173. The average Bonchev–Trinajstić information content (AvgIpc) is 2.78. The van der Waals surface area contributed by atoms with E-state index >= 15 is 0 Å². The molecule has 1 rings (SSSR count). The van der Waals surface area contributed by atoms with Crippen molar-refractivity contribution < 1.29 is 13.2 Å². The van der Waals surface area contributed by atoms with Gasteiger partial charge in [-0.25, -0.2) is 13.1 Å². The Kier molecular flexibility index (Phi) is 6.41. The number of hydrogen-bond donors (Lipinski definition) is 2. The molecule has 0 aliphatic heterocycles. The van der Waals surface area contributed by atoms with Crippen LogP contribution in [0.4, 0.5) is 0 Å². The average molecular weight is 306 g/mol. The van der Waals surface area contributed by atoms with E-state index in [2.05, 4.69) is 10.0 Å². The highest BCUT2D eigenvalue weighted by molar-refractivity contribution is 7.91. The second-order valence-electron chi connectivity index (χ2n) is 4.73. The van der Waals surface area contributed by atoms with Gasteiger partial charge in [-0.2, -0.15) is 0 Å². The molecule has 5 nitrogen and oxygen atoms in total. The van der Waals surface area contributed by atoms with Gasteiger partial charge in [-0.3, -0.25) is 0 Å². The van der Waals surface area contributed by atoms with Crippen LogP contribution in [0.2, 0.25) is 0 Å². The summed E-state index contributed by atoms with van der Waals surface area (Å²) in [5.41, 5.74) is 0.973. The summed E-state index contributed by atoms with van der Waals surface area (Å²) in [6.45, 7) is 4.96. The lowest BCUT2D eigenvalue weighted by molar-refractivity contribution is 0.157. The van der Waals surface area contributed by atoms with Crippen molar-refractivity contribution in [3.8, 4) is 0 Å². The molecule has 7 heteroatoms. The van der Waals surface area contributed by atoms with Crippen LogP contribution in [-0.2, 0) is 21.3 Å². The highest BCUT2D eigenvalue weighted by atomic mass is 32.2. The molecule has 0 aliphatic carbocycles. The smallest absolute Gasteiger partial charge is 0.250 e. The van der Waals surface area contributed by atoms with Crippen LogP contribution in [0.25, 0.3) is 0 Å². The van der Waals surface area contributed by atoms with Crippen molar-refractivity contribution in [2.45, 2.75) is 30.6 Å². The second-order valence-corrected chi connectivity index (χ2v) is 7.58. The Morgan fingerprint density at radius 2 is 2.11 bits per heavy atom. The van der Waals surface area contributed by atoms with E-state index in [0.717, 1.165) is 5.56 Å². The molecule has 110 valence electrons. The van der Waals surface area contributed by atoms with E-state index in [1.54, 1.807) is 13.2 Å². The van der Waals surface area contributed by atoms with E-state index in [4.69, 9.17) is 4.74 Å². The molecule has 1 atom stereocenters. The zero-order valence-electron chi connectivity index (χ0n) is 11.8. The summed E-state index contributed by atoms with van der Waals surface area (Å²) in [5.74, 6) is 0.173. The number of rotatable bonds is 8. The summed E-state index contributed by atoms with van der Waals surface area (Å²) < 4.78 is 32.6. The minimum atomic E-state index is -3.46. The van der Waals surface area contributed by atoms with E-state index in [1.165, 1.54) is 11.3 Å². The Labute approximate surface area is 119 Å². The minimum Gasteiger partial charge on any atom is -0.383 e.